The van der Waals surface area contributed by atoms with E-state index in [1.165, 1.54) is 0 Å². The quantitative estimate of drug-likeness (QED) is 0.0772. The molecule has 0 aromatic heterocycles. The topological polar surface area (TPSA) is 243 Å². The SMILES string of the molecule is N=C(N)NCCCC(N)C(=O)O.O=CC(O)C(O)C(O)C(O)CO. The fourth-order valence-corrected chi connectivity index (χ4v) is 1.29. The molecule has 0 heterocycles. The van der Waals surface area contributed by atoms with Crippen LogP contribution in [-0.2, 0) is 9.59 Å². The standard InChI is InChI=1S/C6H14N4O2.C6H12O6/c7-4(5(11)12)2-1-3-10-6(8)9;7-1-3(9)5(11)6(12)4(10)2-8/h4H,1-3,7H2,(H,11,12)(H4,8,9,10);1,3-6,8-12H,2H2. The first-order valence-corrected chi connectivity index (χ1v) is 6.93. The molecule has 0 bridgehead atoms. The molecule has 5 unspecified atom stereocenters. The second-order valence-corrected chi connectivity index (χ2v) is 4.79. The van der Waals surface area contributed by atoms with Gasteiger partial charge in [-0.2, -0.15) is 0 Å². The molecule has 0 aromatic carbocycles. The number of guanidine groups is 1. The van der Waals surface area contributed by atoms with Gasteiger partial charge in [0.05, 0.1) is 6.61 Å². The van der Waals surface area contributed by atoms with Crippen molar-refractivity contribution >= 4 is 18.2 Å². The minimum Gasteiger partial charge on any atom is -0.480 e. The number of carbonyl (C=O) groups is 2. The highest BCUT2D eigenvalue weighted by Crippen LogP contribution is 2.02. The van der Waals surface area contributed by atoms with E-state index in [-0.39, 0.29) is 12.2 Å². The van der Waals surface area contributed by atoms with Gasteiger partial charge in [0.1, 0.15) is 30.5 Å². The van der Waals surface area contributed by atoms with Crippen molar-refractivity contribution in [3.05, 3.63) is 0 Å². The fraction of sp³-hybridized carbons (Fsp3) is 0.750. The predicted molar refractivity (Wildman–Crippen MR) is 81.9 cm³/mol. The van der Waals surface area contributed by atoms with Gasteiger partial charge >= 0.3 is 5.97 Å². The van der Waals surface area contributed by atoms with E-state index in [1.54, 1.807) is 0 Å². The van der Waals surface area contributed by atoms with Gasteiger partial charge < -0.3 is 52.2 Å². The maximum absolute atomic E-state index is 10.2. The van der Waals surface area contributed by atoms with Gasteiger partial charge in [-0.3, -0.25) is 10.2 Å². The lowest BCUT2D eigenvalue weighted by Crippen LogP contribution is -2.46. The van der Waals surface area contributed by atoms with Crippen LogP contribution in [0.2, 0.25) is 0 Å². The van der Waals surface area contributed by atoms with Gasteiger partial charge in [-0.15, -0.1) is 0 Å². The van der Waals surface area contributed by atoms with Crippen molar-refractivity contribution in [3.63, 3.8) is 0 Å². The van der Waals surface area contributed by atoms with E-state index in [1.807, 2.05) is 0 Å². The summed E-state index contributed by atoms with van der Waals surface area (Å²) < 4.78 is 0. The molecule has 0 aliphatic heterocycles. The predicted octanol–water partition coefficient (Wildman–Crippen LogP) is -4.72. The molecule has 5 atom stereocenters. The van der Waals surface area contributed by atoms with Crippen LogP contribution in [0.25, 0.3) is 0 Å². The zero-order valence-corrected chi connectivity index (χ0v) is 12.9. The first kappa shape index (κ1) is 24.4. The monoisotopic (exact) mass is 354 g/mol. The molecule has 0 aliphatic rings. The van der Waals surface area contributed by atoms with Crippen LogP contribution in [0.15, 0.2) is 0 Å². The molecule has 0 spiro atoms. The van der Waals surface area contributed by atoms with E-state index in [9.17, 15) is 9.59 Å². The minimum atomic E-state index is -1.79. The summed E-state index contributed by atoms with van der Waals surface area (Å²) in [7, 11) is 0. The number of carboxylic acid groups (broad SMARTS) is 1. The van der Waals surface area contributed by atoms with Crippen LogP contribution in [0, 0.1) is 5.41 Å². The zero-order valence-electron chi connectivity index (χ0n) is 12.9. The third kappa shape index (κ3) is 11.7. The number of aldehydes is 1. The molecule has 12 nitrogen and oxygen atoms in total. The third-order valence-corrected chi connectivity index (χ3v) is 2.75. The van der Waals surface area contributed by atoms with Gasteiger partial charge in [-0.25, -0.2) is 0 Å². The summed E-state index contributed by atoms with van der Waals surface area (Å²) in [5, 5.41) is 61.3. The highest BCUT2D eigenvalue weighted by atomic mass is 16.4. The summed E-state index contributed by atoms with van der Waals surface area (Å²) in [6.45, 7) is -0.278. The molecule has 24 heavy (non-hydrogen) atoms. The molecular weight excluding hydrogens is 328 g/mol. The number of hydrogen-bond donors (Lipinski definition) is 10. The maximum Gasteiger partial charge on any atom is 0.320 e. The molecule has 0 aromatic rings. The molecule has 12 heteroatoms. The molecule has 0 aliphatic carbocycles. The van der Waals surface area contributed by atoms with E-state index in [2.05, 4.69) is 5.32 Å². The van der Waals surface area contributed by atoms with Gasteiger partial charge in [0.2, 0.25) is 0 Å². The average molecular weight is 354 g/mol. The summed E-state index contributed by atoms with van der Waals surface area (Å²) >= 11 is 0. The van der Waals surface area contributed by atoms with Gasteiger partial charge in [0, 0.05) is 6.54 Å². The Labute approximate surface area is 138 Å². The number of hydrogen-bond acceptors (Lipinski definition) is 9. The second kappa shape index (κ2) is 13.6. The Morgan fingerprint density at radius 2 is 1.75 bits per heavy atom. The van der Waals surface area contributed by atoms with Crippen molar-refractivity contribution in [3.8, 4) is 0 Å². The van der Waals surface area contributed by atoms with Gasteiger partial charge in [-0.1, -0.05) is 0 Å². The zero-order chi connectivity index (χ0) is 19.3. The lowest BCUT2D eigenvalue weighted by molar-refractivity contribution is -0.138. The van der Waals surface area contributed by atoms with Gasteiger partial charge in [0.25, 0.3) is 0 Å². The highest BCUT2D eigenvalue weighted by molar-refractivity contribution is 5.74. The number of nitrogens with one attached hydrogen (secondary N) is 2. The Balaban J connectivity index is 0. The normalized spacial score (nSPS) is 16.6. The Bertz CT molecular complexity index is 384. The van der Waals surface area contributed by atoms with E-state index >= 15 is 0 Å². The van der Waals surface area contributed by atoms with Crippen molar-refractivity contribution in [2.24, 2.45) is 11.5 Å². The summed E-state index contributed by atoms with van der Waals surface area (Å²) in [6, 6.07) is -0.821. The molecule has 0 saturated carbocycles. The van der Waals surface area contributed by atoms with Crippen molar-refractivity contribution in [2.45, 2.75) is 43.3 Å². The maximum atomic E-state index is 10.2. The first-order chi connectivity index (χ1) is 11.1. The lowest BCUT2D eigenvalue weighted by Gasteiger charge is -2.22. The average Bonchev–Trinajstić information content (AvgIpc) is 2.55. The lowest BCUT2D eigenvalue weighted by atomic mass is 10.0. The number of aliphatic hydroxyl groups excluding tert-OH is 5. The van der Waals surface area contributed by atoms with Crippen molar-refractivity contribution in [1.29, 1.82) is 5.41 Å². The minimum absolute atomic E-state index is 0.0258. The van der Waals surface area contributed by atoms with E-state index in [4.69, 9.17) is 47.5 Å². The molecule has 0 fully saturated rings. The van der Waals surface area contributed by atoms with Gasteiger partial charge in [-0.05, 0) is 12.8 Å². The summed E-state index contributed by atoms with van der Waals surface area (Å²) in [5.41, 5.74) is 10.2. The van der Waals surface area contributed by atoms with Crippen LogP contribution in [0.1, 0.15) is 12.8 Å². The van der Waals surface area contributed by atoms with Crippen LogP contribution in [0.3, 0.4) is 0 Å². The molecule has 142 valence electrons. The number of carboxylic acids is 1. The summed E-state index contributed by atoms with van der Waals surface area (Å²) in [5.74, 6) is -1.11. The van der Waals surface area contributed by atoms with Gasteiger partial charge in [0.15, 0.2) is 12.2 Å². The van der Waals surface area contributed by atoms with E-state index in [0.717, 1.165) is 0 Å². The molecule has 0 amide bonds. The number of aliphatic hydroxyl groups is 5. The first-order valence-electron chi connectivity index (χ1n) is 6.93. The summed E-state index contributed by atoms with van der Waals surface area (Å²) in [6.07, 6.45) is -5.86. The third-order valence-electron chi connectivity index (χ3n) is 2.75. The highest BCUT2D eigenvalue weighted by Gasteiger charge is 2.29. The Kier molecular flexibility index (Phi) is 13.8. The van der Waals surface area contributed by atoms with Crippen LogP contribution in [0.5, 0.6) is 0 Å². The van der Waals surface area contributed by atoms with E-state index < -0.39 is 43.0 Å². The van der Waals surface area contributed by atoms with Crippen LogP contribution in [-0.4, -0.2) is 92.5 Å². The smallest absolute Gasteiger partial charge is 0.320 e. The largest absolute Gasteiger partial charge is 0.480 e. The number of aliphatic carboxylic acids is 1. The van der Waals surface area contributed by atoms with E-state index in [0.29, 0.717) is 19.4 Å². The Hall–Kier alpha value is -1.83. The van der Waals surface area contributed by atoms with Crippen molar-refractivity contribution in [1.82, 2.24) is 5.32 Å². The molecule has 0 rings (SSSR count). The molecule has 12 N–H and O–H groups in total. The van der Waals surface area contributed by atoms with Crippen LogP contribution < -0.4 is 16.8 Å². The molecule has 0 saturated heterocycles. The van der Waals surface area contributed by atoms with Crippen LogP contribution >= 0.6 is 0 Å². The molecule has 0 radical (unpaired) electrons. The second-order valence-electron chi connectivity index (χ2n) is 4.79. The Morgan fingerprint density at radius 1 is 1.21 bits per heavy atom. The molecular formula is C12H26N4O8. The fourth-order valence-electron chi connectivity index (χ4n) is 1.29. The number of nitrogens with two attached hydrogens (primary N) is 2. The summed E-state index contributed by atoms with van der Waals surface area (Å²) in [4.78, 5) is 20.1. The number of carbonyl (C=O) groups excluding carboxylic acids is 1. The Morgan fingerprint density at radius 3 is 2.12 bits per heavy atom. The number of rotatable bonds is 10. The van der Waals surface area contributed by atoms with Crippen molar-refractivity contribution in [2.75, 3.05) is 13.2 Å². The van der Waals surface area contributed by atoms with Crippen LogP contribution in [0.4, 0.5) is 0 Å². The van der Waals surface area contributed by atoms with Crippen molar-refractivity contribution < 1.29 is 40.2 Å².